The van der Waals surface area contributed by atoms with Crippen LogP contribution in [0.4, 0.5) is 0 Å². The summed E-state index contributed by atoms with van der Waals surface area (Å²) in [5.74, 6) is 0. The van der Waals surface area contributed by atoms with E-state index in [0.717, 1.165) is 26.2 Å². The Bertz CT molecular complexity index is 216. The highest BCUT2D eigenvalue weighted by molar-refractivity contribution is 5.00. The van der Waals surface area contributed by atoms with E-state index < -0.39 is 0 Å². The molecular weight excluding hydrogens is 174 g/mol. The van der Waals surface area contributed by atoms with Crippen molar-refractivity contribution in [3.8, 4) is 6.07 Å². The molecule has 1 fully saturated rings. The molecule has 0 amide bonds. The van der Waals surface area contributed by atoms with Crippen molar-refractivity contribution in [2.75, 3.05) is 33.2 Å². The zero-order valence-electron chi connectivity index (χ0n) is 9.75. The molecule has 0 aromatic carbocycles. The van der Waals surface area contributed by atoms with Gasteiger partial charge in [-0.2, -0.15) is 5.26 Å². The lowest BCUT2D eigenvalue weighted by Gasteiger charge is -2.40. The molecule has 0 N–H and O–H groups in total. The second kappa shape index (κ2) is 4.29. The normalized spacial score (nSPS) is 23.1. The average molecular weight is 195 g/mol. The van der Waals surface area contributed by atoms with Crippen molar-refractivity contribution < 1.29 is 0 Å². The summed E-state index contributed by atoms with van der Waals surface area (Å²) in [5, 5.41) is 9.17. The molecule has 1 saturated heterocycles. The second-order valence-electron chi connectivity index (χ2n) is 5.24. The first-order valence-corrected chi connectivity index (χ1v) is 5.27. The van der Waals surface area contributed by atoms with Crippen molar-refractivity contribution in [3.05, 3.63) is 0 Å². The highest BCUT2D eigenvalue weighted by Gasteiger charge is 2.31. The lowest BCUT2D eigenvalue weighted by molar-refractivity contribution is 0.0830. The van der Waals surface area contributed by atoms with Crippen molar-refractivity contribution in [3.63, 3.8) is 0 Å². The fraction of sp³-hybridized carbons (Fsp3) is 0.909. The second-order valence-corrected chi connectivity index (χ2v) is 5.24. The first-order chi connectivity index (χ1) is 6.45. The van der Waals surface area contributed by atoms with E-state index in [4.69, 9.17) is 0 Å². The third kappa shape index (κ3) is 2.70. The largest absolute Gasteiger partial charge is 0.304 e. The SMILES string of the molecule is CN1CCN(C(C#N)C(C)(C)C)CC1. The summed E-state index contributed by atoms with van der Waals surface area (Å²) < 4.78 is 0. The van der Waals surface area contributed by atoms with E-state index in [0.29, 0.717) is 0 Å². The van der Waals surface area contributed by atoms with Gasteiger partial charge < -0.3 is 4.90 Å². The molecule has 1 atom stereocenters. The van der Waals surface area contributed by atoms with Gasteiger partial charge in [0.05, 0.1) is 6.07 Å². The van der Waals surface area contributed by atoms with Gasteiger partial charge in [0, 0.05) is 26.2 Å². The molecule has 1 aliphatic heterocycles. The Morgan fingerprint density at radius 1 is 1.14 bits per heavy atom. The molecule has 3 heteroatoms. The van der Waals surface area contributed by atoms with Crippen LogP contribution in [0.25, 0.3) is 0 Å². The first kappa shape index (κ1) is 11.5. The van der Waals surface area contributed by atoms with Crippen LogP contribution >= 0.6 is 0 Å². The van der Waals surface area contributed by atoms with Gasteiger partial charge in [0.1, 0.15) is 6.04 Å². The van der Waals surface area contributed by atoms with E-state index >= 15 is 0 Å². The summed E-state index contributed by atoms with van der Waals surface area (Å²) >= 11 is 0. The van der Waals surface area contributed by atoms with Gasteiger partial charge in [-0.05, 0) is 12.5 Å². The molecule has 0 bridgehead atoms. The van der Waals surface area contributed by atoms with Crippen LogP contribution in [0.3, 0.4) is 0 Å². The van der Waals surface area contributed by atoms with Gasteiger partial charge in [-0.3, -0.25) is 4.90 Å². The zero-order chi connectivity index (χ0) is 10.8. The summed E-state index contributed by atoms with van der Waals surface area (Å²) in [6.07, 6.45) is 0. The summed E-state index contributed by atoms with van der Waals surface area (Å²) in [6, 6.07) is 2.49. The van der Waals surface area contributed by atoms with Crippen molar-refractivity contribution >= 4 is 0 Å². The fourth-order valence-corrected chi connectivity index (χ4v) is 1.90. The maximum Gasteiger partial charge on any atom is 0.103 e. The number of hydrogen-bond donors (Lipinski definition) is 0. The predicted octanol–water partition coefficient (Wildman–Crippen LogP) is 1.17. The quantitative estimate of drug-likeness (QED) is 0.629. The van der Waals surface area contributed by atoms with Crippen molar-refractivity contribution in [2.24, 2.45) is 5.41 Å². The van der Waals surface area contributed by atoms with Gasteiger partial charge in [-0.25, -0.2) is 0 Å². The van der Waals surface area contributed by atoms with E-state index in [1.807, 2.05) is 0 Å². The van der Waals surface area contributed by atoms with Gasteiger partial charge in [0.15, 0.2) is 0 Å². The van der Waals surface area contributed by atoms with Crippen LogP contribution in [0, 0.1) is 16.7 Å². The minimum atomic E-state index is 0.0520. The Morgan fingerprint density at radius 2 is 1.64 bits per heavy atom. The van der Waals surface area contributed by atoms with Crippen LogP contribution in [0.1, 0.15) is 20.8 Å². The third-order valence-corrected chi connectivity index (χ3v) is 2.85. The molecule has 1 rings (SSSR count). The Morgan fingerprint density at radius 3 is 2.00 bits per heavy atom. The van der Waals surface area contributed by atoms with Crippen LogP contribution in [0.5, 0.6) is 0 Å². The van der Waals surface area contributed by atoms with Crippen LogP contribution in [0.15, 0.2) is 0 Å². The molecule has 80 valence electrons. The molecule has 0 aliphatic carbocycles. The molecule has 14 heavy (non-hydrogen) atoms. The monoisotopic (exact) mass is 195 g/mol. The van der Waals surface area contributed by atoms with Gasteiger partial charge >= 0.3 is 0 Å². The summed E-state index contributed by atoms with van der Waals surface area (Å²) in [4.78, 5) is 4.62. The molecule has 0 aromatic rings. The smallest absolute Gasteiger partial charge is 0.103 e. The van der Waals surface area contributed by atoms with E-state index in [1.165, 1.54) is 0 Å². The molecular formula is C11H21N3. The first-order valence-electron chi connectivity index (χ1n) is 5.27. The van der Waals surface area contributed by atoms with Crippen molar-refractivity contribution in [1.29, 1.82) is 5.26 Å². The molecule has 0 saturated carbocycles. The molecule has 0 spiro atoms. The maximum atomic E-state index is 9.17. The highest BCUT2D eigenvalue weighted by Crippen LogP contribution is 2.24. The minimum absolute atomic E-state index is 0.0520. The lowest BCUT2D eigenvalue weighted by atomic mass is 9.86. The zero-order valence-corrected chi connectivity index (χ0v) is 9.75. The predicted molar refractivity (Wildman–Crippen MR) is 57.9 cm³/mol. The number of hydrogen-bond acceptors (Lipinski definition) is 3. The van der Waals surface area contributed by atoms with Gasteiger partial charge in [-0.15, -0.1) is 0 Å². The number of nitrogens with zero attached hydrogens (tertiary/aromatic N) is 3. The molecule has 0 aromatic heterocycles. The lowest BCUT2D eigenvalue weighted by Crippen LogP contribution is -2.52. The van der Waals surface area contributed by atoms with E-state index in [-0.39, 0.29) is 11.5 Å². The Balaban J connectivity index is 2.60. The molecule has 0 radical (unpaired) electrons. The van der Waals surface area contributed by atoms with Gasteiger partial charge in [0.2, 0.25) is 0 Å². The Kier molecular flexibility index (Phi) is 3.52. The van der Waals surface area contributed by atoms with Gasteiger partial charge in [0.25, 0.3) is 0 Å². The van der Waals surface area contributed by atoms with Crippen molar-refractivity contribution in [1.82, 2.24) is 9.80 Å². The van der Waals surface area contributed by atoms with E-state index in [2.05, 4.69) is 43.7 Å². The molecule has 3 nitrogen and oxygen atoms in total. The summed E-state index contributed by atoms with van der Waals surface area (Å²) in [5.41, 5.74) is 0.0602. The summed E-state index contributed by atoms with van der Waals surface area (Å²) in [7, 11) is 2.13. The molecule has 1 aliphatic rings. The Hall–Kier alpha value is -0.590. The Labute approximate surface area is 87.3 Å². The number of piperazine rings is 1. The average Bonchev–Trinajstić information content (AvgIpc) is 2.07. The van der Waals surface area contributed by atoms with Crippen LogP contribution in [-0.2, 0) is 0 Å². The minimum Gasteiger partial charge on any atom is -0.304 e. The molecule has 1 heterocycles. The van der Waals surface area contributed by atoms with Crippen LogP contribution in [-0.4, -0.2) is 49.1 Å². The fourth-order valence-electron chi connectivity index (χ4n) is 1.90. The van der Waals surface area contributed by atoms with Crippen molar-refractivity contribution in [2.45, 2.75) is 26.8 Å². The third-order valence-electron chi connectivity index (χ3n) is 2.85. The van der Waals surface area contributed by atoms with E-state index in [9.17, 15) is 5.26 Å². The number of likely N-dealkylation sites (N-methyl/N-ethyl adjacent to an activating group) is 1. The van der Waals surface area contributed by atoms with Crippen LogP contribution < -0.4 is 0 Å². The summed E-state index contributed by atoms with van der Waals surface area (Å²) in [6.45, 7) is 10.6. The van der Waals surface area contributed by atoms with Crippen LogP contribution in [0.2, 0.25) is 0 Å². The number of nitriles is 1. The van der Waals surface area contributed by atoms with E-state index in [1.54, 1.807) is 0 Å². The topological polar surface area (TPSA) is 30.3 Å². The number of rotatable bonds is 1. The van der Waals surface area contributed by atoms with Gasteiger partial charge in [-0.1, -0.05) is 20.8 Å². The highest BCUT2D eigenvalue weighted by atomic mass is 15.3. The maximum absolute atomic E-state index is 9.17. The molecule has 1 unspecified atom stereocenters. The standard InChI is InChI=1S/C11H21N3/c1-11(2,3)10(9-12)14-7-5-13(4)6-8-14/h10H,5-8H2,1-4H3.